The minimum atomic E-state index is 0.0149. The molecule has 1 fully saturated rings. The van der Waals surface area contributed by atoms with Crippen LogP contribution < -0.4 is 0 Å². The van der Waals surface area contributed by atoms with Crippen LogP contribution in [0.15, 0.2) is 6.07 Å². The molecule has 1 aromatic rings. The summed E-state index contributed by atoms with van der Waals surface area (Å²) in [6.45, 7) is 1.96. The van der Waals surface area contributed by atoms with E-state index < -0.39 is 0 Å². The number of hydrogen-bond acceptors (Lipinski definition) is 3. The van der Waals surface area contributed by atoms with Crippen LogP contribution in [0.25, 0.3) is 0 Å². The lowest BCUT2D eigenvalue weighted by Crippen LogP contribution is -2.02. The molecule has 1 N–H and O–H groups in total. The van der Waals surface area contributed by atoms with Crippen molar-refractivity contribution in [1.29, 1.82) is 0 Å². The van der Waals surface area contributed by atoms with Crippen LogP contribution in [0.4, 0.5) is 0 Å². The van der Waals surface area contributed by atoms with Gasteiger partial charge in [-0.2, -0.15) is 0 Å². The summed E-state index contributed by atoms with van der Waals surface area (Å²) in [6, 6.07) is 1.83. The Kier molecular flexibility index (Phi) is 2.27. The average Bonchev–Trinajstić information content (AvgIpc) is 2.87. The van der Waals surface area contributed by atoms with Crippen molar-refractivity contribution in [3.8, 4) is 0 Å². The minimum absolute atomic E-state index is 0.0149. The van der Waals surface area contributed by atoms with Crippen LogP contribution in [0.2, 0.25) is 0 Å². The third-order valence-corrected chi connectivity index (χ3v) is 2.28. The summed E-state index contributed by atoms with van der Waals surface area (Å²) >= 11 is 0. The van der Waals surface area contributed by atoms with Crippen molar-refractivity contribution < 1.29 is 5.11 Å². The number of aliphatic hydroxyl groups excluding tert-OH is 1. The van der Waals surface area contributed by atoms with Crippen molar-refractivity contribution in [3.05, 3.63) is 23.3 Å². The van der Waals surface area contributed by atoms with Gasteiger partial charge in [-0.1, -0.05) is 0 Å². The molecule has 0 aliphatic heterocycles. The van der Waals surface area contributed by atoms with Gasteiger partial charge in [0.2, 0.25) is 0 Å². The van der Waals surface area contributed by atoms with Gasteiger partial charge in [0.25, 0.3) is 0 Å². The van der Waals surface area contributed by atoms with E-state index in [0.29, 0.717) is 0 Å². The minimum Gasteiger partial charge on any atom is -0.390 e. The van der Waals surface area contributed by atoms with Crippen molar-refractivity contribution in [1.82, 2.24) is 9.97 Å². The van der Waals surface area contributed by atoms with Crippen molar-refractivity contribution in [3.63, 3.8) is 0 Å². The Hall–Kier alpha value is -0.960. The number of aromatic nitrogens is 2. The van der Waals surface area contributed by atoms with Crippen LogP contribution in [-0.4, -0.2) is 15.1 Å². The van der Waals surface area contributed by atoms with E-state index in [-0.39, 0.29) is 6.61 Å². The smallest absolute Gasteiger partial charge is 0.129 e. The van der Waals surface area contributed by atoms with Gasteiger partial charge in [0.15, 0.2) is 0 Å². The first-order valence-corrected chi connectivity index (χ1v) is 4.72. The third kappa shape index (κ3) is 2.25. The number of hydrogen-bond donors (Lipinski definition) is 1. The Bertz CT molecular complexity index is 308. The molecule has 0 atom stereocenters. The molecule has 0 unspecified atom stereocenters. The highest BCUT2D eigenvalue weighted by atomic mass is 16.3. The van der Waals surface area contributed by atoms with E-state index in [1.54, 1.807) is 0 Å². The van der Waals surface area contributed by atoms with Gasteiger partial charge < -0.3 is 5.11 Å². The van der Waals surface area contributed by atoms with Crippen LogP contribution in [0.5, 0.6) is 0 Å². The Balaban J connectivity index is 2.17. The third-order valence-electron chi connectivity index (χ3n) is 2.28. The van der Waals surface area contributed by atoms with Crippen molar-refractivity contribution in [2.45, 2.75) is 32.8 Å². The van der Waals surface area contributed by atoms with Gasteiger partial charge in [-0.05, 0) is 31.7 Å². The van der Waals surface area contributed by atoms with Crippen LogP contribution in [0, 0.1) is 12.8 Å². The number of aliphatic hydroxyl groups is 1. The predicted molar refractivity (Wildman–Crippen MR) is 49.1 cm³/mol. The summed E-state index contributed by atoms with van der Waals surface area (Å²) in [6.07, 6.45) is 3.60. The summed E-state index contributed by atoms with van der Waals surface area (Å²) in [5.41, 5.74) is 1.69. The van der Waals surface area contributed by atoms with E-state index in [0.717, 1.165) is 29.6 Å². The molecule has 2 rings (SSSR count). The van der Waals surface area contributed by atoms with Gasteiger partial charge in [-0.25, -0.2) is 9.97 Å². The fourth-order valence-corrected chi connectivity index (χ4v) is 1.45. The normalized spacial score (nSPS) is 16.2. The maximum absolute atomic E-state index is 8.95. The molecule has 0 bridgehead atoms. The van der Waals surface area contributed by atoms with Crippen LogP contribution >= 0.6 is 0 Å². The van der Waals surface area contributed by atoms with Gasteiger partial charge in [0.05, 0.1) is 12.3 Å². The fraction of sp³-hybridized carbons (Fsp3) is 0.600. The molecule has 70 valence electrons. The topological polar surface area (TPSA) is 46.0 Å². The zero-order chi connectivity index (χ0) is 9.26. The summed E-state index contributed by atoms with van der Waals surface area (Å²) in [5, 5.41) is 8.95. The van der Waals surface area contributed by atoms with E-state index >= 15 is 0 Å². The highest BCUT2D eigenvalue weighted by Gasteiger charge is 2.22. The Labute approximate surface area is 77.8 Å². The predicted octanol–water partition coefficient (Wildman–Crippen LogP) is 1.23. The van der Waals surface area contributed by atoms with E-state index in [9.17, 15) is 0 Å². The van der Waals surface area contributed by atoms with Gasteiger partial charge in [0, 0.05) is 12.1 Å². The molecule has 13 heavy (non-hydrogen) atoms. The van der Waals surface area contributed by atoms with Gasteiger partial charge in [-0.15, -0.1) is 0 Å². The number of rotatable bonds is 3. The second kappa shape index (κ2) is 3.42. The first-order valence-electron chi connectivity index (χ1n) is 4.72. The van der Waals surface area contributed by atoms with Crippen LogP contribution in [0.1, 0.15) is 30.1 Å². The van der Waals surface area contributed by atoms with Gasteiger partial charge in [0.1, 0.15) is 5.82 Å². The molecular weight excluding hydrogens is 164 g/mol. The second-order valence-corrected chi connectivity index (χ2v) is 3.72. The highest BCUT2D eigenvalue weighted by molar-refractivity contribution is 5.10. The Morgan fingerprint density at radius 2 is 2.23 bits per heavy atom. The van der Waals surface area contributed by atoms with Crippen molar-refractivity contribution in [2.24, 2.45) is 5.92 Å². The zero-order valence-corrected chi connectivity index (χ0v) is 7.82. The molecule has 1 saturated carbocycles. The summed E-state index contributed by atoms with van der Waals surface area (Å²) in [5.74, 6) is 1.69. The Morgan fingerprint density at radius 3 is 2.85 bits per heavy atom. The molecular formula is C10H14N2O. The van der Waals surface area contributed by atoms with Crippen LogP contribution in [-0.2, 0) is 13.0 Å². The SMILES string of the molecule is Cc1cc(CO)nc(CC2CC2)n1. The molecule has 0 radical (unpaired) electrons. The Morgan fingerprint density at radius 1 is 1.46 bits per heavy atom. The summed E-state index contributed by atoms with van der Waals surface area (Å²) in [7, 11) is 0. The van der Waals surface area contributed by atoms with Crippen molar-refractivity contribution in [2.75, 3.05) is 0 Å². The standard InChI is InChI=1S/C10H14N2O/c1-7-4-9(6-13)12-10(11-7)5-8-2-3-8/h4,8,13H,2-3,5-6H2,1H3. The van der Waals surface area contributed by atoms with Gasteiger partial charge >= 0.3 is 0 Å². The van der Waals surface area contributed by atoms with E-state index in [1.165, 1.54) is 12.8 Å². The molecule has 1 heterocycles. The molecule has 1 aromatic heterocycles. The zero-order valence-electron chi connectivity index (χ0n) is 7.82. The molecule has 0 saturated heterocycles. The van der Waals surface area contributed by atoms with Crippen LogP contribution in [0.3, 0.4) is 0 Å². The first-order chi connectivity index (χ1) is 6.28. The monoisotopic (exact) mass is 178 g/mol. The lowest BCUT2D eigenvalue weighted by Gasteiger charge is -2.02. The maximum Gasteiger partial charge on any atom is 0.129 e. The molecule has 0 amide bonds. The second-order valence-electron chi connectivity index (χ2n) is 3.72. The molecule has 0 spiro atoms. The largest absolute Gasteiger partial charge is 0.390 e. The molecule has 3 heteroatoms. The fourth-order valence-electron chi connectivity index (χ4n) is 1.45. The maximum atomic E-state index is 8.95. The van der Waals surface area contributed by atoms with E-state index in [2.05, 4.69) is 9.97 Å². The molecule has 0 aromatic carbocycles. The summed E-state index contributed by atoms with van der Waals surface area (Å²) < 4.78 is 0. The lowest BCUT2D eigenvalue weighted by molar-refractivity contribution is 0.276. The number of aryl methyl sites for hydroxylation is 1. The molecule has 3 nitrogen and oxygen atoms in total. The first kappa shape index (κ1) is 8.63. The summed E-state index contributed by atoms with van der Waals surface area (Å²) in [4.78, 5) is 8.61. The van der Waals surface area contributed by atoms with Gasteiger partial charge in [-0.3, -0.25) is 0 Å². The number of nitrogens with zero attached hydrogens (tertiary/aromatic N) is 2. The molecule has 1 aliphatic carbocycles. The van der Waals surface area contributed by atoms with E-state index in [1.807, 2.05) is 13.0 Å². The quantitative estimate of drug-likeness (QED) is 0.757. The lowest BCUT2D eigenvalue weighted by atomic mass is 10.2. The van der Waals surface area contributed by atoms with Crippen molar-refractivity contribution >= 4 is 0 Å². The van der Waals surface area contributed by atoms with E-state index in [4.69, 9.17) is 5.11 Å². The molecule has 1 aliphatic rings. The highest BCUT2D eigenvalue weighted by Crippen LogP contribution is 2.31. The average molecular weight is 178 g/mol.